The molecule has 0 aromatic heterocycles. The molecule has 19 heavy (non-hydrogen) atoms. The van der Waals surface area contributed by atoms with Gasteiger partial charge in [0.1, 0.15) is 0 Å². The Morgan fingerprint density at radius 2 is 1.89 bits per heavy atom. The van der Waals surface area contributed by atoms with Crippen molar-refractivity contribution in [2.75, 3.05) is 13.1 Å². The van der Waals surface area contributed by atoms with Crippen molar-refractivity contribution in [3.8, 4) is 0 Å². The van der Waals surface area contributed by atoms with Gasteiger partial charge < -0.3 is 10.6 Å². The molecule has 106 valence electrons. The smallest absolute Gasteiger partial charge is 0.313 e. The number of hydrogen-bond acceptors (Lipinski definition) is 2. The fourth-order valence-electron chi connectivity index (χ4n) is 2.30. The van der Waals surface area contributed by atoms with Crippen LogP contribution < -0.4 is 10.6 Å². The molecule has 1 aromatic rings. The van der Waals surface area contributed by atoms with Crippen LogP contribution in [0.25, 0.3) is 0 Å². The first kappa shape index (κ1) is 14.3. The second-order valence-corrected chi connectivity index (χ2v) is 4.97. The molecule has 1 unspecified atom stereocenters. The normalized spacial score (nSPS) is 20.5. The first-order valence-corrected chi connectivity index (χ1v) is 6.66. The van der Waals surface area contributed by atoms with E-state index in [9.17, 15) is 13.2 Å². The number of rotatable bonds is 4. The monoisotopic (exact) mass is 272 g/mol. The van der Waals surface area contributed by atoms with E-state index in [1.807, 2.05) is 0 Å². The minimum Gasteiger partial charge on any atom is -0.313 e. The molecule has 0 radical (unpaired) electrons. The van der Waals surface area contributed by atoms with Gasteiger partial charge in [-0.1, -0.05) is 18.6 Å². The summed E-state index contributed by atoms with van der Waals surface area (Å²) in [5.74, 6) is 0. The molecule has 1 saturated heterocycles. The van der Waals surface area contributed by atoms with Crippen molar-refractivity contribution in [3.63, 3.8) is 0 Å². The summed E-state index contributed by atoms with van der Waals surface area (Å²) < 4.78 is 37.2. The number of alkyl halides is 3. The number of hydrogen-bond donors (Lipinski definition) is 2. The van der Waals surface area contributed by atoms with Crippen molar-refractivity contribution in [3.05, 3.63) is 35.4 Å². The molecule has 2 rings (SSSR count). The Morgan fingerprint density at radius 1 is 1.16 bits per heavy atom. The molecular formula is C14H19F3N2. The Bertz CT molecular complexity index is 381. The quantitative estimate of drug-likeness (QED) is 0.880. The molecule has 1 aromatic carbocycles. The van der Waals surface area contributed by atoms with Crippen molar-refractivity contribution in [2.24, 2.45) is 0 Å². The molecule has 2 N–H and O–H groups in total. The first-order chi connectivity index (χ1) is 9.05. The van der Waals surface area contributed by atoms with Crippen molar-refractivity contribution in [2.45, 2.75) is 38.0 Å². The highest BCUT2D eigenvalue weighted by molar-refractivity contribution is 5.24. The third kappa shape index (κ3) is 4.51. The SMILES string of the molecule is FC(F)(F)c1ccc(CNCC2CCCCN2)cc1. The Kier molecular flexibility index (Phi) is 4.82. The maximum absolute atomic E-state index is 12.4. The summed E-state index contributed by atoms with van der Waals surface area (Å²) in [4.78, 5) is 0. The maximum atomic E-state index is 12.4. The first-order valence-electron chi connectivity index (χ1n) is 6.66. The van der Waals surface area contributed by atoms with Crippen LogP contribution in [0, 0.1) is 0 Å². The van der Waals surface area contributed by atoms with E-state index in [2.05, 4.69) is 10.6 Å². The molecular weight excluding hydrogens is 253 g/mol. The van der Waals surface area contributed by atoms with Crippen LogP contribution in [0.3, 0.4) is 0 Å². The lowest BCUT2D eigenvalue weighted by atomic mass is 10.0. The second-order valence-electron chi connectivity index (χ2n) is 4.97. The molecule has 0 spiro atoms. The summed E-state index contributed by atoms with van der Waals surface area (Å²) >= 11 is 0. The average molecular weight is 272 g/mol. The Morgan fingerprint density at radius 3 is 2.47 bits per heavy atom. The molecule has 0 bridgehead atoms. The molecule has 0 saturated carbocycles. The van der Waals surface area contributed by atoms with Gasteiger partial charge in [-0.05, 0) is 37.1 Å². The molecule has 1 fully saturated rings. The van der Waals surface area contributed by atoms with Crippen molar-refractivity contribution in [1.82, 2.24) is 10.6 Å². The van der Waals surface area contributed by atoms with Crippen molar-refractivity contribution >= 4 is 0 Å². The fraction of sp³-hybridized carbons (Fsp3) is 0.571. The zero-order valence-corrected chi connectivity index (χ0v) is 10.8. The molecule has 2 nitrogen and oxygen atoms in total. The van der Waals surface area contributed by atoms with Crippen molar-refractivity contribution < 1.29 is 13.2 Å². The lowest BCUT2D eigenvalue weighted by Crippen LogP contribution is -2.41. The summed E-state index contributed by atoms with van der Waals surface area (Å²) in [6.07, 6.45) is -0.604. The summed E-state index contributed by atoms with van der Waals surface area (Å²) in [7, 11) is 0. The molecule has 0 amide bonds. The topological polar surface area (TPSA) is 24.1 Å². The lowest BCUT2D eigenvalue weighted by molar-refractivity contribution is -0.137. The van der Waals surface area contributed by atoms with Gasteiger partial charge in [0.25, 0.3) is 0 Å². The van der Waals surface area contributed by atoms with Gasteiger partial charge in [-0.3, -0.25) is 0 Å². The zero-order valence-electron chi connectivity index (χ0n) is 10.8. The number of halogens is 3. The molecule has 1 heterocycles. The van der Waals surface area contributed by atoms with Gasteiger partial charge in [0, 0.05) is 19.1 Å². The Hall–Kier alpha value is -1.07. The Balaban J connectivity index is 1.76. The maximum Gasteiger partial charge on any atom is 0.416 e. The van der Waals surface area contributed by atoms with E-state index >= 15 is 0 Å². The molecule has 1 aliphatic rings. The van der Waals surface area contributed by atoms with Gasteiger partial charge >= 0.3 is 6.18 Å². The van der Waals surface area contributed by atoms with E-state index in [-0.39, 0.29) is 0 Å². The molecule has 1 aliphatic heterocycles. The van der Waals surface area contributed by atoms with Crippen LogP contribution in [0.2, 0.25) is 0 Å². The predicted molar refractivity (Wildman–Crippen MR) is 68.8 cm³/mol. The molecule has 0 aliphatic carbocycles. The lowest BCUT2D eigenvalue weighted by Gasteiger charge is -2.23. The van der Waals surface area contributed by atoms with E-state index < -0.39 is 11.7 Å². The van der Waals surface area contributed by atoms with Crippen LogP contribution in [-0.2, 0) is 12.7 Å². The van der Waals surface area contributed by atoms with E-state index in [0.29, 0.717) is 12.6 Å². The van der Waals surface area contributed by atoms with E-state index in [1.165, 1.54) is 31.4 Å². The highest BCUT2D eigenvalue weighted by Gasteiger charge is 2.29. The standard InChI is InChI=1S/C14H19F3N2/c15-14(16,17)12-6-4-11(5-7-12)9-18-10-13-3-1-2-8-19-13/h4-7,13,18-19H,1-3,8-10H2. The third-order valence-corrected chi connectivity index (χ3v) is 3.41. The van der Waals surface area contributed by atoms with E-state index in [4.69, 9.17) is 0 Å². The molecule has 5 heteroatoms. The summed E-state index contributed by atoms with van der Waals surface area (Å²) in [5, 5.41) is 6.71. The van der Waals surface area contributed by atoms with Crippen LogP contribution >= 0.6 is 0 Å². The van der Waals surface area contributed by atoms with Crippen LogP contribution in [0.4, 0.5) is 13.2 Å². The van der Waals surface area contributed by atoms with Gasteiger partial charge in [-0.15, -0.1) is 0 Å². The predicted octanol–water partition coefficient (Wildman–Crippen LogP) is 2.94. The highest BCUT2D eigenvalue weighted by atomic mass is 19.4. The minimum atomic E-state index is -4.25. The summed E-state index contributed by atoms with van der Waals surface area (Å²) in [6, 6.07) is 5.82. The zero-order chi connectivity index (χ0) is 13.7. The summed E-state index contributed by atoms with van der Waals surface area (Å²) in [6.45, 7) is 2.53. The summed E-state index contributed by atoms with van der Waals surface area (Å²) in [5.41, 5.74) is 0.286. The minimum absolute atomic E-state index is 0.489. The number of nitrogens with one attached hydrogen (secondary N) is 2. The van der Waals surface area contributed by atoms with Crippen LogP contribution in [0.15, 0.2) is 24.3 Å². The number of benzene rings is 1. The van der Waals surface area contributed by atoms with E-state index in [1.54, 1.807) is 0 Å². The molecule has 1 atom stereocenters. The van der Waals surface area contributed by atoms with Gasteiger partial charge in [0.15, 0.2) is 0 Å². The average Bonchev–Trinajstić information content (AvgIpc) is 2.39. The van der Waals surface area contributed by atoms with Crippen LogP contribution in [0.1, 0.15) is 30.4 Å². The van der Waals surface area contributed by atoms with Crippen LogP contribution in [0.5, 0.6) is 0 Å². The van der Waals surface area contributed by atoms with Crippen molar-refractivity contribution in [1.29, 1.82) is 0 Å². The van der Waals surface area contributed by atoms with Gasteiger partial charge in [0.2, 0.25) is 0 Å². The van der Waals surface area contributed by atoms with Gasteiger partial charge in [-0.2, -0.15) is 13.2 Å². The van der Waals surface area contributed by atoms with Gasteiger partial charge in [0.05, 0.1) is 5.56 Å². The fourth-order valence-corrected chi connectivity index (χ4v) is 2.30. The van der Waals surface area contributed by atoms with E-state index in [0.717, 1.165) is 30.8 Å². The third-order valence-electron chi connectivity index (χ3n) is 3.41. The highest BCUT2D eigenvalue weighted by Crippen LogP contribution is 2.29. The largest absolute Gasteiger partial charge is 0.416 e. The second kappa shape index (κ2) is 6.39. The van der Waals surface area contributed by atoms with Gasteiger partial charge in [-0.25, -0.2) is 0 Å². The van der Waals surface area contributed by atoms with Crippen LogP contribution in [-0.4, -0.2) is 19.1 Å². The Labute approximate surface area is 111 Å². The number of piperidine rings is 1.